The number of rotatable bonds is 4. The molecule has 1 aliphatic rings. The van der Waals surface area contributed by atoms with Crippen LogP contribution in [0, 0.1) is 5.92 Å². The molecule has 1 aromatic heterocycles. The van der Waals surface area contributed by atoms with Crippen LogP contribution in [0.5, 0.6) is 0 Å². The van der Waals surface area contributed by atoms with Crippen molar-refractivity contribution in [1.82, 2.24) is 15.0 Å². The number of anilines is 2. The lowest BCUT2D eigenvalue weighted by atomic mass is 10.00. The van der Waals surface area contributed by atoms with Gasteiger partial charge in [0.15, 0.2) is 0 Å². The normalized spacial score (nSPS) is 16.7. The second kappa shape index (κ2) is 6.37. The van der Waals surface area contributed by atoms with E-state index in [4.69, 9.17) is 11.6 Å². The molecule has 0 saturated carbocycles. The van der Waals surface area contributed by atoms with Gasteiger partial charge in [0.1, 0.15) is 0 Å². The summed E-state index contributed by atoms with van der Waals surface area (Å²) < 4.78 is 0. The monoisotopic (exact) mass is 283 g/mol. The topological polar surface area (TPSA) is 45.2 Å². The Kier molecular flexibility index (Phi) is 4.80. The summed E-state index contributed by atoms with van der Waals surface area (Å²) in [6.45, 7) is 10.2. The number of nitrogens with zero attached hydrogens (tertiary/aromatic N) is 5. The van der Waals surface area contributed by atoms with Gasteiger partial charge in [-0.2, -0.15) is 15.0 Å². The Hall–Kier alpha value is -1.10. The van der Waals surface area contributed by atoms with Gasteiger partial charge in [-0.3, -0.25) is 0 Å². The van der Waals surface area contributed by atoms with Gasteiger partial charge < -0.3 is 9.80 Å². The summed E-state index contributed by atoms with van der Waals surface area (Å²) in [6.07, 6.45) is 2.37. The van der Waals surface area contributed by atoms with Gasteiger partial charge in [0.25, 0.3) is 0 Å². The molecule has 1 aromatic rings. The van der Waals surface area contributed by atoms with Crippen LogP contribution in [-0.4, -0.2) is 41.1 Å². The highest BCUT2D eigenvalue weighted by atomic mass is 35.5. The highest BCUT2D eigenvalue weighted by molar-refractivity contribution is 6.28. The van der Waals surface area contributed by atoms with E-state index in [9.17, 15) is 0 Å². The average molecular weight is 284 g/mol. The molecule has 0 bridgehead atoms. The van der Waals surface area contributed by atoms with Crippen molar-refractivity contribution in [2.45, 2.75) is 33.6 Å². The van der Waals surface area contributed by atoms with E-state index in [1.807, 2.05) is 0 Å². The minimum absolute atomic E-state index is 0.283. The molecule has 0 aromatic carbocycles. The summed E-state index contributed by atoms with van der Waals surface area (Å²) in [6, 6.07) is 0. The van der Waals surface area contributed by atoms with Crippen LogP contribution in [0.15, 0.2) is 0 Å². The van der Waals surface area contributed by atoms with Crippen molar-refractivity contribution in [3.05, 3.63) is 5.28 Å². The molecule has 1 fully saturated rings. The van der Waals surface area contributed by atoms with Crippen LogP contribution in [0.1, 0.15) is 33.6 Å². The number of aromatic nitrogens is 3. The second-order valence-corrected chi connectivity index (χ2v) is 5.38. The van der Waals surface area contributed by atoms with Gasteiger partial charge in [-0.1, -0.05) is 6.92 Å². The van der Waals surface area contributed by atoms with E-state index in [2.05, 4.69) is 45.5 Å². The summed E-state index contributed by atoms with van der Waals surface area (Å²) in [5.41, 5.74) is 0. The number of piperidine rings is 1. The van der Waals surface area contributed by atoms with Gasteiger partial charge in [-0.25, -0.2) is 0 Å². The predicted octanol–water partition coefficient (Wildman–Crippen LogP) is 2.61. The van der Waals surface area contributed by atoms with Crippen LogP contribution in [0.3, 0.4) is 0 Å². The first-order chi connectivity index (χ1) is 9.13. The van der Waals surface area contributed by atoms with Crippen molar-refractivity contribution in [2.75, 3.05) is 36.0 Å². The van der Waals surface area contributed by atoms with Gasteiger partial charge in [0.05, 0.1) is 0 Å². The number of halogens is 1. The SMILES string of the molecule is CCN(CC)c1nc(Cl)nc(N2CCC(C)CC2)n1. The van der Waals surface area contributed by atoms with Gasteiger partial charge in [0, 0.05) is 26.2 Å². The minimum atomic E-state index is 0.283. The molecule has 0 unspecified atom stereocenters. The van der Waals surface area contributed by atoms with E-state index in [0.717, 1.165) is 32.1 Å². The molecule has 5 nitrogen and oxygen atoms in total. The fourth-order valence-electron chi connectivity index (χ4n) is 2.33. The molecule has 2 rings (SSSR count). The van der Waals surface area contributed by atoms with Crippen molar-refractivity contribution in [3.63, 3.8) is 0 Å². The van der Waals surface area contributed by atoms with Gasteiger partial charge >= 0.3 is 0 Å². The zero-order valence-electron chi connectivity index (χ0n) is 11.9. The molecule has 0 spiro atoms. The van der Waals surface area contributed by atoms with Crippen LogP contribution >= 0.6 is 11.6 Å². The van der Waals surface area contributed by atoms with Crippen molar-refractivity contribution < 1.29 is 0 Å². The molecule has 0 N–H and O–H groups in total. The van der Waals surface area contributed by atoms with Gasteiger partial charge in [0.2, 0.25) is 17.2 Å². The molecule has 2 heterocycles. The first-order valence-corrected chi connectivity index (χ1v) is 7.43. The van der Waals surface area contributed by atoms with Crippen molar-refractivity contribution in [2.24, 2.45) is 5.92 Å². The lowest BCUT2D eigenvalue weighted by Crippen LogP contribution is -2.35. The lowest BCUT2D eigenvalue weighted by molar-refractivity contribution is 0.434. The Labute approximate surface area is 120 Å². The molecular weight excluding hydrogens is 262 g/mol. The van der Waals surface area contributed by atoms with E-state index in [1.54, 1.807) is 0 Å². The van der Waals surface area contributed by atoms with E-state index in [-0.39, 0.29) is 5.28 Å². The molecule has 0 aliphatic carbocycles. The highest BCUT2D eigenvalue weighted by Gasteiger charge is 2.20. The highest BCUT2D eigenvalue weighted by Crippen LogP contribution is 2.22. The van der Waals surface area contributed by atoms with Gasteiger partial charge in [-0.15, -0.1) is 0 Å². The fraction of sp³-hybridized carbons (Fsp3) is 0.769. The van der Waals surface area contributed by atoms with E-state index in [1.165, 1.54) is 12.8 Å². The average Bonchev–Trinajstić information content (AvgIpc) is 2.40. The predicted molar refractivity (Wildman–Crippen MR) is 79.0 cm³/mol. The van der Waals surface area contributed by atoms with Crippen LogP contribution < -0.4 is 9.80 Å². The maximum atomic E-state index is 6.04. The third-order valence-electron chi connectivity index (χ3n) is 3.70. The Balaban J connectivity index is 2.21. The molecule has 1 saturated heterocycles. The second-order valence-electron chi connectivity index (χ2n) is 5.05. The third kappa shape index (κ3) is 3.47. The van der Waals surface area contributed by atoms with Gasteiger partial charge in [-0.05, 0) is 44.2 Å². The maximum Gasteiger partial charge on any atom is 0.231 e. The van der Waals surface area contributed by atoms with Crippen LogP contribution in [0.25, 0.3) is 0 Å². The Morgan fingerprint density at radius 2 is 1.79 bits per heavy atom. The summed E-state index contributed by atoms with van der Waals surface area (Å²) in [5, 5.41) is 0.283. The molecule has 0 amide bonds. The summed E-state index contributed by atoms with van der Waals surface area (Å²) in [5.74, 6) is 2.18. The quantitative estimate of drug-likeness (QED) is 0.850. The molecule has 1 aliphatic heterocycles. The van der Waals surface area contributed by atoms with Crippen molar-refractivity contribution in [1.29, 1.82) is 0 Å². The van der Waals surface area contributed by atoms with Crippen molar-refractivity contribution >= 4 is 23.5 Å². The standard InChI is InChI=1S/C13H22ClN5/c1-4-18(5-2)12-15-11(14)16-13(17-12)19-8-6-10(3)7-9-19/h10H,4-9H2,1-3H3. The molecule has 0 atom stereocenters. The zero-order chi connectivity index (χ0) is 13.8. The summed E-state index contributed by atoms with van der Waals surface area (Å²) in [4.78, 5) is 17.4. The summed E-state index contributed by atoms with van der Waals surface area (Å²) in [7, 11) is 0. The largest absolute Gasteiger partial charge is 0.341 e. The Morgan fingerprint density at radius 3 is 2.37 bits per heavy atom. The first-order valence-electron chi connectivity index (χ1n) is 7.05. The molecule has 106 valence electrons. The smallest absolute Gasteiger partial charge is 0.231 e. The van der Waals surface area contributed by atoms with Crippen LogP contribution in [0.2, 0.25) is 5.28 Å². The molecule has 19 heavy (non-hydrogen) atoms. The van der Waals surface area contributed by atoms with E-state index in [0.29, 0.717) is 11.9 Å². The minimum Gasteiger partial charge on any atom is -0.341 e. The Morgan fingerprint density at radius 1 is 1.16 bits per heavy atom. The summed E-state index contributed by atoms with van der Waals surface area (Å²) >= 11 is 6.04. The first kappa shape index (κ1) is 14.3. The molecular formula is C13H22ClN5. The maximum absolute atomic E-state index is 6.04. The number of hydrogen-bond donors (Lipinski definition) is 0. The number of hydrogen-bond acceptors (Lipinski definition) is 5. The van der Waals surface area contributed by atoms with Crippen LogP contribution in [-0.2, 0) is 0 Å². The fourth-order valence-corrected chi connectivity index (χ4v) is 2.48. The lowest BCUT2D eigenvalue weighted by Gasteiger charge is -2.30. The van der Waals surface area contributed by atoms with E-state index < -0.39 is 0 Å². The zero-order valence-corrected chi connectivity index (χ0v) is 12.7. The molecule has 0 radical (unpaired) electrons. The Bertz CT molecular complexity index is 413. The van der Waals surface area contributed by atoms with Crippen molar-refractivity contribution in [3.8, 4) is 0 Å². The van der Waals surface area contributed by atoms with E-state index >= 15 is 0 Å². The van der Waals surface area contributed by atoms with Crippen LogP contribution in [0.4, 0.5) is 11.9 Å². The third-order valence-corrected chi connectivity index (χ3v) is 3.87. The molecule has 6 heteroatoms.